The lowest BCUT2D eigenvalue weighted by molar-refractivity contribution is 0.112. The van der Waals surface area contributed by atoms with Crippen molar-refractivity contribution in [3.63, 3.8) is 0 Å². The Kier molecular flexibility index (Phi) is 2.32. The van der Waals surface area contributed by atoms with Crippen LogP contribution in [0.25, 0.3) is 10.2 Å². The van der Waals surface area contributed by atoms with Crippen LogP contribution in [0.4, 0.5) is 11.4 Å². The molecule has 5 heteroatoms. The third kappa shape index (κ3) is 1.45. The molecule has 2 aromatic rings. The van der Waals surface area contributed by atoms with Crippen molar-refractivity contribution in [2.24, 2.45) is 0 Å². The van der Waals surface area contributed by atoms with Crippen LogP contribution in [0, 0.1) is 0 Å². The van der Waals surface area contributed by atoms with Gasteiger partial charge in [-0.25, -0.2) is 4.98 Å². The Morgan fingerprint density at radius 3 is 2.87 bits per heavy atom. The Bertz CT molecular complexity index is 519. The maximum absolute atomic E-state index is 10.8. The van der Waals surface area contributed by atoms with Crippen molar-refractivity contribution in [3.05, 3.63) is 17.1 Å². The van der Waals surface area contributed by atoms with Crippen molar-refractivity contribution >= 4 is 39.2 Å². The number of aldehydes is 1. The molecule has 0 aliphatic heterocycles. The summed E-state index contributed by atoms with van der Waals surface area (Å²) in [6.07, 6.45) is 2.50. The number of carbonyl (C=O) groups excluding carboxylic acids is 1. The summed E-state index contributed by atoms with van der Waals surface area (Å²) in [5.74, 6) is 0. The molecule has 0 radical (unpaired) electrons. The molecule has 0 saturated carbocycles. The number of hydrogen-bond donors (Lipinski definition) is 1. The quantitative estimate of drug-likeness (QED) is 0.785. The first-order valence-electron chi connectivity index (χ1n) is 4.44. The largest absolute Gasteiger partial charge is 0.397 e. The van der Waals surface area contributed by atoms with Gasteiger partial charge in [-0.3, -0.25) is 4.79 Å². The molecule has 0 saturated heterocycles. The lowest BCUT2D eigenvalue weighted by atomic mass is 10.2. The van der Waals surface area contributed by atoms with E-state index in [0.29, 0.717) is 10.6 Å². The summed E-state index contributed by atoms with van der Waals surface area (Å²) in [5, 5.41) is 0.870. The van der Waals surface area contributed by atoms with Gasteiger partial charge in [0.25, 0.3) is 0 Å². The van der Waals surface area contributed by atoms with Crippen LogP contribution < -0.4 is 10.6 Å². The van der Waals surface area contributed by atoms with E-state index in [2.05, 4.69) is 4.98 Å². The second-order valence-corrected chi connectivity index (χ2v) is 4.43. The number of anilines is 2. The van der Waals surface area contributed by atoms with E-state index < -0.39 is 0 Å². The average Bonchev–Trinajstić information content (AvgIpc) is 2.55. The molecule has 0 aliphatic rings. The molecule has 4 nitrogen and oxygen atoms in total. The second-order valence-electron chi connectivity index (χ2n) is 3.40. The molecule has 0 aliphatic carbocycles. The second kappa shape index (κ2) is 3.51. The van der Waals surface area contributed by atoms with Crippen LogP contribution >= 0.6 is 11.3 Å². The van der Waals surface area contributed by atoms with E-state index in [-0.39, 0.29) is 0 Å². The molecule has 78 valence electrons. The van der Waals surface area contributed by atoms with E-state index in [1.165, 1.54) is 11.3 Å². The first-order chi connectivity index (χ1) is 7.15. The van der Waals surface area contributed by atoms with Gasteiger partial charge in [-0.1, -0.05) is 0 Å². The number of nitrogens with two attached hydrogens (primary N) is 1. The summed E-state index contributed by atoms with van der Waals surface area (Å²) < 4.78 is 0. The van der Waals surface area contributed by atoms with Crippen molar-refractivity contribution in [3.8, 4) is 0 Å². The van der Waals surface area contributed by atoms with Gasteiger partial charge in [0.05, 0.1) is 21.6 Å². The Morgan fingerprint density at radius 1 is 1.53 bits per heavy atom. The smallest absolute Gasteiger partial charge is 0.162 e. The minimum atomic E-state index is 0.529. The van der Waals surface area contributed by atoms with Crippen LogP contribution in [0.5, 0.6) is 0 Å². The Balaban J connectivity index is 2.84. The maximum Gasteiger partial charge on any atom is 0.162 e. The standard InChI is InChI=1S/C10H11N3OS/c1-13(2)6-3-4-12-10-8(6)9(11)7(5-14)15-10/h3-5H,11H2,1-2H3. The molecule has 0 amide bonds. The van der Waals surface area contributed by atoms with Crippen LogP contribution in [0.15, 0.2) is 12.3 Å². The predicted molar refractivity (Wildman–Crippen MR) is 63.7 cm³/mol. The summed E-state index contributed by atoms with van der Waals surface area (Å²) in [4.78, 5) is 18.3. The van der Waals surface area contributed by atoms with Crippen molar-refractivity contribution in [1.29, 1.82) is 0 Å². The monoisotopic (exact) mass is 221 g/mol. The zero-order valence-electron chi connectivity index (χ0n) is 8.52. The molecule has 2 N–H and O–H groups in total. The van der Waals surface area contributed by atoms with E-state index in [9.17, 15) is 4.79 Å². The van der Waals surface area contributed by atoms with Crippen LogP contribution in [-0.2, 0) is 0 Å². The Morgan fingerprint density at radius 2 is 2.27 bits per heavy atom. The van der Waals surface area contributed by atoms with Crippen LogP contribution in [0.1, 0.15) is 9.67 Å². The highest BCUT2D eigenvalue weighted by atomic mass is 32.1. The molecular weight excluding hydrogens is 210 g/mol. The molecule has 2 aromatic heterocycles. The minimum absolute atomic E-state index is 0.529. The van der Waals surface area contributed by atoms with E-state index in [0.717, 1.165) is 22.2 Å². The molecule has 2 rings (SSSR count). The Labute approximate surface area is 91.3 Å². The number of carbonyl (C=O) groups is 1. The minimum Gasteiger partial charge on any atom is -0.397 e. The highest BCUT2D eigenvalue weighted by Gasteiger charge is 2.13. The summed E-state index contributed by atoms with van der Waals surface area (Å²) in [7, 11) is 3.87. The number of nitrogens with zero attached hydrogens (tertiary/aromatic N) is 2. The van der Waals surface area contributed by atoms with Gasteiger partial charge in [0, 0.05) is 20.3 Å². The lowest BCUT2D eigenvalue weighted by Gasteiger charge is -2.13. The van der Waals surface area contributed by atoms with E-state index in [1.54, 1.807) is 6.20 Å². The third-order valence-corrected chi connectivity index (χ3v) is 3.26. The first-order valence-corrected chi connectivity index (χ1v) is 5.26. The zero-order chi connectivity index (χ0) is 11.0. The lowest BCUT2D eigenvalue weighted by Crippen LogP contribution is -2.09. The average molecular weight is 221 g/mol. The van der Waals surface area contributed by atoms with Gasteiger partial charge in [-0.05, 0) is 6.07 Å². The van der Waals surface area contributed by atoms with Crippen LogP contribution in [-0.4, -0.2) is 25.4 Å². The molecule has 0 spiro atoms. The van der Waals surface area contributed by atoms with Gasteiger partial charge in [0.2, 0.25) is 0 Å². The number of aromatic nitrogens is 1. The zero-order valence-corrected chi connectivity index (χ0v) is 9.34. The van der Waals surface area contributed by atoms with Gasteiger partial charge < -0.3 is 10.6 Å². The molecule has 0 bridgehead atoms. The topological polar surface area (TPSA) is 59.2 Å². The van der Waals surface area contributed by atoms with Crippen LogP contribution in [0.3, 0.4) is 0 Å². The maximum atomic E-state index is 10.8. The van der Waals surface area contributed by atoms with Gasteiger partial charge >= 0.3 is 0 Å². The molecule has 15 heavy (non-hydrogen) atoms. The van der Waals surface area contributed by atoms with Crippen molar-refractivity contribution in [1.82, 2.24) is 4.98 Å². The van der Waals surface area contributed by atoms with Gasteiger partial charge in [-0.2, -0.15) is 0 Å². The molecule has 0 fully saturated rings. The summed E-state index contributed by atoms with van der Waals surface area (Å²) in [6, 6.07) is 1.89. The predicted octanol–water partition coefficient (Wildman–Crippen LogP) is 1.76. The Hall–Kier alpha value is -1.62. The van der Waals surface area contributed by atoms with Gasteiger partial charge in [-0.15, -0.1) is 11.3 Å². The molecule has 0 aromatic carbocycles. The summed E-state index contributed by atoms with van der Waals surface area (Å²) in [5.41, 5.74) is 7.42. The molecule has 0 unspecified atom stereocenters. The fraction of sp³-hybridized carbons (Fsp3) is 0.200. The fourth-order valence-corrected chi connectivity index (χ4v) is 2.40. The number of nitrogen functional groups attached to an aromatic ring is 1. The SMILES string of the molecule is CN(C)c1ccnc2sc(C=O)c(N)c12. The third-order valence-electron chi connectivity index (χ3n) is 2.22. The highest BCUT2D eigenvalue weighted by Crippen LogP contribution is 2.36. The van der Waals surface area contributed by atoms with E-state index in [4.69, 9.17) is 5.73 Å². The number of thiophene rings is 1. The fourth-order valence-electron chi connectivity index (χ4n) is 1.51. The van der Waals surface area contributed by atoms with Crippen molar-refractivity contribution in [2.75, 3.05) is 24.7 Å². The molecule has 2 heterocycles. The molecular formula is C10H11N3OS. The highest BCUT2D eigenvalue weighted by molar-refractivity contribution is 7.21. The van der Waals surface area contributed by atoms with E-state index >= 15 is 0 Å². The van der Waals surface area contributed by atoms with Crippen molar-refractivity contribution < 1.29 is 4.79 Å². The number of rotatable bonds is 2. The van der Waals surface area contributed by atoms with Gasteiger partial charge in [0.15, 0.2) is 6.29 Å². The summed E-state index contributed by atoms with van der Waals surface area (Å²) >= 11 is 1.32. The number of fused-ring (bicyclic) bond motifs is 1. The number of pyridine rings is 1. The van der Waals surface area contributed by atoms with Crippen LogP contribution in [0.2, 0.25) is 0 Å². The van der Waals surface area contributed by atoms with Gasteiger partial charge in [0.1, 0.15) is 4.83 Å². The number of hydrogen-bond acceptors (Lipinski definition) is 5. The van der Waals surface area contributed by atoms with E-state index in [1.807, 2.05) is 25.1 Å². The molecule has 0 atom stereocenters. The van der Waals surface area contributed by atoms with Crippen molar-refractivity contribution in [2.45, 2.75) is 0 Å². The first kappa shape index (κ1) is 9.92. The normalized spacial score (nSPS) is 10.5. The summed E-state index contributed by atoms with van der Waals surface area (Å²) in [6.45, 7) is 0.